The lowest BCUT2D eigenvalue weighted by Gasteiger charge is -2.01. The molecule has 0 saturated heterocycles. The highest BCUT2D eigenvalue weighted by atomic mass is 19.4. The van der Waals surface area contributed by atoms with Crippen LogP contribution in [0.3, 0.4) is 0 Å². The molecule has 0 radical (unpaired) electrons. The topological polar surface area (TPSA) is 104 Å². The summed E-state index contributed by atoms with van der Waals surface area (Å²) < 4.78 is 31.7. The fraction of sp³-hybridized carbons (Fsp3) is 0.778. The Hall–Kier alpha value is -1.35. The van der Waals surface area contributed by atoms with Crippen LogP contribution in [-0.4, -0.2) is 36.8 Å². The standard InChI is InChI=1S/C7H17N3O.C2HF3O2/c1-9-10-7(11)5-3-2-4-6-8;3-2(4,5)1(6)7/h9H,2-6,8H2,1H3,(H,10,11);(H,6,7). The number of carbonyl (C=O) groups excluding carboxylic acids is 1. The van der Waals surface area contributed by atoms with Crippen LogP contribution in [-0.2, 0) is 9.59 Å². The lowest BCUT2D eigenvalue weighted by Crippen LogP contribution is -2.33. The average Bonchev–Trinajstić information content (AvgIpc) is 2.24. The zero-order valence-corrected chi connectivity index (χ0v) is 10.0. The van der Waals surface area contributed by atoms with Gasteiger partial charge in [-0.25, -0.2) is 10.2 Å². The van der Waals surface area contributed by atoms with Gasteiger partial charge in [0.1, 0.15) is 0 Å². The van der Waals surface area contributed by atoms with Crippen molar-refractivity contribution in [3.63, 3.8) is 0 Å². The van der Waals surface area contributed by atoms with Crippen molar-refractivity contribution in [3.8, 4) is 0 Å². The summed E-state index contributed by atoms with van der Waals surface area (Å²) in [6, 6.07) is 0. The summed E-state index contributed by atoms with van der Waals surface area (Å²) in [6.07, 6.45) is -1.54. The summed E-state index contributed by atoms with van der Waals surface area (Å²) in [4.78, 5) is 19.7. The number of nitrogens with one attached hydrogen (secondary N) is 2. The van der Waals surface area contributed by atoms with E-state index >= 15 is 0 Å². The van der Waals surface area contributed by atoms with Crippen LogP contribution in [0.25, 0.3) is 0 Å². The van der Waals surface area contributed by atoms with Crippen LogP contribution in [0.5, 0.6) is 0 Å². The van der Waals surface area contributed by atoms with Gasteiger partial charge in [0.05, 0.1) is 0 Å². The van der Waals surface area contributed by atoms with Crippen molar-refractivity contribution in [1.82, 2.24) is 10.9 Å². The number of amides is 1. The quantitative estimate of drug-likeness (QED) is 0.414. The van der Waals surface area contributed by atoms with E-state index in [1.165, 1.54) is 0 Å². The summed E-state index contributed by atoms with van der Waals surface area (Å²) in [5, 5.41) is 7.12. The van der Waals surface area contributed by atoms with Gasteiger partial charge in [-0.15, -0.1) is 0 Å². The Bertz CT molecular complexity index is 247. The summed E-state index contributed by atoms with van der Waals surface area (Å²) in [7, 11) is 1.68. The third-order valence-corrected chi connectivity index (χ3v) is 1.61. The molecule has 0 bridgehead atoms. The molecule has 0 aliphatic carbocycles. The minimum Gasteiger partial charge on any atom is -0.475 e. The van der Waals surface area contributed by atoms with Crippen molar-refractivity contribution in [2.24, 2.45) is 5.73 Å². The number of alkyl halides is 3. The predicted molar refractivity (Wildman–Crippen MR) is 58.4 cm³/mol. The van der Waals surface area contributed by atoms with Crippen LogP contribution in [0.2, 0.25) is 0 Å². The van der Waals surface area contributed by atoms with Gasteiger partial charge in [0.2, 0.25) is 5.91 Å². The van der Waals surface area contributed by atoms with E-state index < -0.39 is 12.1 Å². The lowest BCUT2D eigenvalue weighted by molar-refractivity contribution is -0.192. The molecule has 9 heteroatoms. The average molecular weight is 273 g/mol. The van der Waals surface area contributed by atoms with Crippen LogP contribution >= 0.6 is 0 Å². The Balaban J connectivity index is 0. The number of halogens is 3. The molecule has 0 rings (SSSR count). The Morgan fingerprint density at radius 2 is 1.72 bits per heavy atom. The first-order valence-electron chi connectivity index (χ1n) is 5.21. The molecule has 1 amide bonds. The Kier molecular flexibility index (Phi) is 11.4. The van der Waals surface area contributed by atoms with Gasteiger partial charge in [0.25, 0.3) is 0 Å². The number of unbranched alkanes of at least 4 members (excludes halogenated alkanes) is 2. The molecule has 0 saturated carbocycles. The van der Waals surface area contributed by atoms with E-state index in [0.717, 1.165) is 19.3 Å². The smallest absolute Gasteiger partial charge is 0.475 e. The zero-order chi connectivity index (χ0) is 14.6. The number of rotatable bonds is 6. The van der Waals surface area contributed by atoms with Crippen molar-refractivity contribution < 1.29 is 27.9 Å². The summed E-state index contributed by atoms with van der Waals surface area (Å²) in [6.45, 7) is 0.716. The second-order valence-corrected chi connectivity index (χ2v) is 3.20. The first-order chi connectivity index (χ1) is 8.25. The number of carboxylic acids is 1. The van der Waals surface area contributed by atoms with Gasteiger partial charge in [-0.05, 0) is 19.4 Å². The van der Waals surface area contributed by atoms with E-state index in [0.29, 0.717) is 13.0 Å². The fourth-order valence-electron chi connectivity index (χ4n) is 0.809. The maximum Gasteiger partial charge on any atom is 0.490 e. The molecule has 5 N–H and O–H groups in total. The van der Waals surface area contributed by atoms with E-state index in [1.807, 2.05) is 0 Å². The predicted octanol–water partition coefficient (Wildman–Crippen LogP) is 0.389. The van der Waals surface area contributed by atoms with Crippen molar-refractivity contribution in [3.05, 3.63) is 0 Å². The zero-order valence-electron chi connectivity index (χ0n) is 10.0. The first kappa shape index (κ1) is 19.0. The molecule has 108 valence electrons. The van der Waals surface area contributed by atoms with Crippen LogP contribution in [0, 0.1) is 0 Å². The second-order valence-electron chi connectivity index (χ2n) is 3.20. The molecule has 0 fully saturated rings. The van der Waals surface area contributed by atoms with Crippen molar-refractivity contribution >= 4 is 11.9 Å². The summed E-state index contributed by atoms with van der Waals surface area (Å²) >= 11 is 0. The number of hydrazine groups is 1. The van der Waals surface area contributed by atoms with E-state index in [9.17, 15) is 18.0 Å². The third-order valence-electron chi connectivity index (χ3n) is 1.61. The van der Waals surface area contributed by atoms with E-state index in [-0.39, 0.29) is 5.91 Å². The Morgan fingerprint density at radius 1 is 1.22 bits per heavy atom. The minimum atomic E-state index is -5.08. The number of aliphatic carboxylic acids is 1. The van der Waals surface area contributed by atoms with E-state index in [4.69, 9.17) is 15.6 Å². The van der Waals surface area contributed by atoms with Gasteiger partial charge in [-0.2, -0.15) is 13.2 Å². The molecule has 0 aliphatic heterocycles. The van der Waals surface area contributed by atoms with E-state index in [1.54, 1.807) is 7.05 Å². The van der Waals surface area contributed by atoms with E-state index in [2.05, 4.69) is 10.9 Å². The lowest BCUT2D eigenvalue weighted by atomic mass is 10.2. The Morgan fingerprint density at radius 3 is 2.06 bits per heavy atom. The minimum absolute atomic E-state index is 0.0459. The summed E-state index contributed by atoms with van der Waals surface area (Å²) in [5.41, 5.74) is 10.4. The molecule has 18 heavy (non-hydrogen) atoms. The third kappa shape index (κ3) is 14.6. The van der Waals surface area contributed by atoms with Crippen molar-refractivity contribution in [2.45, 2.75) is 31.9 Å². The summed E-state index contributed by atoms with van der Waals surface area (Å²) in [5.74, 6) is -2.71. The molecule has 0 aromatic carbocycles. The highest BCUT2D eigenvalue weighted by Gasteiger charge is 2.38. The molecular weight excluding hydrogens is 255 g/mol. The second kappa shape index (κ2) is 10.8. The van der Waals surface area contributed by atoms with Crippen molar-refractivity contribution in [1.29, 1.82) is 0 Å². The molecule has 0 atom stereocenters. The molecule has 0 aliphatic rings. The van der Waals surface area contributed by atoms with Gasteiger partial charge in [0, 0.05) is 13.5 Å². The monoisotopic (exact) mass is 273 g/mol. The normalized spacial score (nSPS) is 10.3. The molecule has 6 nitrogen and oxygen atoms in total. The van der Waals surface area contributed by atoms with Gasteiger partial charge >= 0.3 is 12.1 Å². The van der Waals surface area contributed by atoms with Crippen molar-refractivity contribution in [2.75, 3.05) is 13.6 Å². The number of carboxylic acid groups (broad SMARTS) is 1. The maximum atomic E-state index is 10.8. The van der Waals surface area contributed by atoms with Crippen LogP contribution in [0.1, 0.15) is 25.7 Å². The molecular formula is C9H18F3N3O3. The molecule has 0 aromatic heterocycles. The maximum absolute atomic E-state index is 10.8. The highest BCUT2D eigenvalue weighted by molar-refractivity contribution is 5.75. The number of carbonyl (C=O) groups is 2. The molecule has 0 unspecified atom stereocenters. The van der Waals surface area contributed by atoms with Gasteiger partial charge in [-0.1, -0.05) is 6.42 Å². The highest BCUT2D eigenvalue weighted by Crippen LogP contribution is 2.13. The van der Waals surface area contributed by atoms with Crippen LogP contribution in [0.15, 0.2) is 0 Å². The van der Waals surface area contributed by atoms with Gasteiger partial charge in [0.15, 0.2) is 0 Å². The number of hydrogen-bond donors (Lipinski definition) is 4. The number of nitrogens with two attached hydrogens (primary N) is 1. The number of hydrogen-bond acceptors (Lipinski definition) is 4. The Labute approximate surface area is 103 Å². The van der Waals surface area contributed by atoms with Gasteiger partial charge in [-0.3, -0.25) is 10.2 Å². The van der Waals surface area contributed by atoms with Gasteiger partial charge < -0.3 is 10.8 Å². The molecule has 0 heterocycles. The molecule has 0 spiro atoms. The fourth-order valence-corrected chi connectivity index (χ4v) is 0.809. The largest absolute Gasteiger partial charge is 0.490 e. The van der Waals surface area contributed by atoms with Crippen LogP contribution < -0.4 is 16.6 Å². The molecule has 0 aromatic rings. The van der Waals surface area contributed by atoms with Crippen LogP contribution in [0.4, 0.5) is 13.2 Å². The first-order valence-corrected chi connectivity index (χ1v) is 5.21. The SMILES string of the molecule is CNNC(=O)CCCCCN.O=C(O)C(F)(F)F.